The van der Waals surface area contributed by atoms with Crippen molar-refractivity contribution in [3.05, 3.63) is 138 Å². The maximum absolute atomic E-state index is 13.4. The normalized spacial score (nSPS) is 12.5. The van der Waals surface area contributed by atoms with E-state index in [-0.39, 0.29) is 23.8 Å². The number of hydrogen-bond donors (Lipinski definition) is 3. The summed E-state index contributed by atoms with van der Waals surface area (Å²) in [4.78, 5) is 3.54. The van der Waals surface area contributed by atoms with E-state index in [1.807, 2.05) is 78.9 Å². The smallest absolute Gasteiger partial charge is 0.246 e. The number of fused-ring (bicyclic) bond motifs is 3. The van der Waals surface area contributed by atoms with Crippen LogP contribution in [-0.4, -0.2) is 49.6 Å². The van der Waals surface area contributed by atoms with E-state index in [1.165, 1.54) is 9.69 Å². The lowest BCUT2D eigenvalue weighted by Crippen LogP contribution is -2.27. The lowest BCUT2D eigenvalue weighted by molar-refractivity contribution is 0.171. The fourth-order valence-corrected chi connectivity index (χ4v) is 6.73. The molecule has 0 aliphatic rings. The molecule has 0 aliphatic carbocycles. The van der Waals surface area contributed by atoms with Gasteiger partial charge in [-0.1, -0.05) is 78.9 Å². The SMILES string of the molecule is CN(Cc1ccccc1)S(=O)(=O)c1ccccc1OCc1cccc(C(O)CNCCOc2ccc3c(c2)[nH]c2ccccc23)c1. The summed E-state index contributed by atoms with van der Waals surface area (Å²) in [6.07, 6.45) is -0.734. The van der Waals surface area contributed by atoms with Gasteiger partial charge >= 0.3 is 0 Å². The van der Waals surface area contributed by atoms with Gasteiger partial charge in [-0.15, -0.1) is 0 Å². The van der Waals surface area contributed by atoms with Gasteiger partial charge in [-0.25, -0.2) is 8.42 Å². The van der Waals surface area contributed by atoms with Gasteiger partial charge in [-0.3, -0.25) is 0 Å². The number of aromatic amines is 1. The minimum atomic E-state index is -3.79. The third-order valence-electron chi connectivity index (χ3n) is 7.88. The van der Waals surface area contributed by atoms with Crippen molar-refractivity contribution < 1.29 is 23.0 Å². The number of ether oxygens (including phenoxy) is 2. The number of benzene rings is 5. The van der Waals surface area contributed by atoms with Crippen LogP contribution in [0.1, 0.15) is 22.8 Å². The Hall–Kier alpha value is -4.67. The third kappa shape index (κ3) is 7.24. The minimum absolute atomic E-state index is 0.109. The molecule has 5 aromatic carbocycles. The van der Waals surface area contributed by atoms with Crippen molar-refractivity contribution in [1.82, 2.24) is 14.6 Å². The number of aliphatic hydroxyl groups excluding tert-OH is 1. The molecule has 1 heterocycles. The van der Waals surface area contributed by atoms with Crippen molar-refractivity contribution in [2.45, 2.75) is 24.2 Å². The number of sulfonamides is 1. The molecule has 9 heteroatoms. The molecule has 8 nitrogen and oxygen atoms in total. The summed E-state index contributed by atoms with van der Waals surface area (Å²) >= 11 is 0. The first-order valence-electron chi connectivity index (χ1n) is 15.2. The Labute approximate surface area is 269 Å². The van der Waals surface area contributed by atoms with Gasteiger partial charge in [-0.05, 0) is 53.1 Å². The molecule has 46 heavy (non-hydrogen) atoms. The number of nitrogens with zero attached hydrogens (tertiary/aromatic N) is 1. The number of hydrogen-bond acceptors (Lipinski definition) is 6. The van der Waals surface area contributed by atoms with Gasteiger partial charge in [0.15, 0.2) is 0 Å². The Morgan fingerprint density at radius 1 is 0.783 bits per heavy atom. The van der Waals surface area contributed by atoms with Crippen LogP contribution in [0.25, 0.3) is 21.8 Å². The van der Waals surface area contributed by atoms with Gasteiger partial charge in [0.2, 0.25) is 10.0 Å². The van der Waals surface area contributed by atoms with Crippen molar-refractivity contribution in [3.63, 3.8) is 0 Å². The first-order valence-corrected chi connectivity index (χ1v) is 16.7. The number of rotatable bonds is 14. The summed E-state index contributed by atoms with van der Waals surface area (Å²) in [6.45, 7) is 1.77. The van der Waals surface area contributed by atoms with E-state index >= 15 is 0 Å². The highest BCUT2D eigenvalue weighted by Crippen LogP contribution is 2.29. The monoisotopic (exact) mass is 635 g/mol. The van der Waals surface area contributed by atoms with E-state index in [2.05, 4.69) is 28.5 Å². The number of H-pyrrole nitrogens is 1. The van der Waals surface area contributed by atoms with Crippen LogP contribution in [0.3, 0.4) is 0 Å². The van der Waals surface area contributed by atoms with Crippen molar-refractivity contribution >= 4 is 31.8 Å². The highest BCUT2D eigenvalue weighted by atomic mass is 32.2. The van der Waals surface area contributed by atoms with E-state index in [0.29, 0.717) is 19.7 Å². The molecular weight excluding hydrogens is 598 g/mol. The van der Waals surface area contributed by atoms with Gasteiger partial charge in [0, 0.05) is 49.0 Å². The Kier molecular flexibility index (Phi) is 9.65. The molecule has 236 valence electrons. The number of aliphatic hydroxyl groups is 1. The number of nitrogens with one attached hydrogen (secondary N) is 2. The molecule has 6 aromatic rings. The molecule has 6 rings (SSSR count). The van der Waals surface area contributed by atoms with Crippen LogP contribution in [0, 0.1) is 0 Å². The molecule has 0 aliphatic heterocycles. The van der Waals surface area contributed by atoms with Crippen LogP contribution in [-0.2, 0) is 23.2 Å². The van der Waals surface area contributed by atoms with E-state index in [4.69, 9.17) is 9.47 Å². The third-order valence-corrected chi connectivity index (χ3v) is 9.72. The zero-order valence-electron chi connectivity index (χ0n) is 25.6. The molecule has 0 bridgehead atoms. The summed E-state index contributed by atoms with van der Waals surface area (Å²) in [5.74, 6) is 1.06. The van der Waals surface area contributed by atoms with Crippen LogP contribution >= 0.6 is 0 Å². The van der Waals surface area contributed by atoms with Crippen LogP contribution in [0.4, 0.5) is 0 Å². The summed E-state index contributed by atoms with van der Waals surface area (Å²) in [5, 5.41) is 16.4. The van der Waals surface area contributed by atoms with Crippen molar-refractivity contribution in [2.24, 2.45) is 0 Å². The van der Waals surface area contributed by atoms with Crippen molar-refractivity contribution in [3.8, 4) is 11.5 Å². The molecule has 0 radical (unpaired) electrons. The maximum Gasteiger partial charge on any atom is 0.246 e. The lowest BCUT2D eigenvalue weighted by atomic mass is 10.1. The van der Waals surface area contributed by atoms with Crippen LogP contribution in [0.5, 0.6) is 11.5 Å². The first kappa shape index (κ1) is 31.3. The summed E-state index contributed by atoms with van der Waals surface area (Å²) < 4.78 is 40.1. The summed E-state index contributed by atoms with van der Waals surface area (Å²) in [7, 11) is -2.23. The van der Waals surface area contributed by atoms with E-state index in [9.17, 15) is 13.5 Å². The second-order valence-electron chi connectivity index (χ2n) is 11.2. The van der Waals surface area contributed by atoms with E-state index < -0.39 is 16.1 Å². The first-order chi connectivity index (χ1) is 22.4. The quantitative estimate of drug-likeness (QED) is 0.119. The molecule has 0 amide bonds. The second-order valence-corrected chi connectivity index (χ2v) is 13.2. The largest absolute Gasteiger partial charge is 0.492 e. The van der Waals surface area contributed by atoms with Crippen molar-refractivity contribution in [1.29, 1.82) is 0 Å². The highest BCUT2D eigenvalue weighted by molar-refractivity contribution is 7.89. The van der Waals surface area contributed by atoms with Gasteiger partial charge in [0.05, 0.1) is 11.6 Å². The summed E-state index contributed by atoms with van der Waals surface area (Å²) in [6, 6.07) is 37.9. The van der Waals surface area contributed by atoms with Gasteiger partial charge in [0.25, 0.3) is 0 Å². The Morgan fingerprint density at radius 3 is 2.39 bits per heavy atom. The van der Waals surface area contributed by atoms with Crippen LogP contribution in [0.2, 0.25) is 0 Å². The molecule has 1 atom stereocenters. The molecule has 0 spiro atoms. The van der Waals surface area contributed by atoms with E-state index in [0.717, 1.165) is 38.9 Å². The molecule has 0 fully saturated rings. The zero-order chi connectivity index (χ0) is 31.9. The Balaban J connectivity index is 1.00. The summed E-state index contributed by atoms with van der Waals surface area (Å²) in [5.41, 5.74) is 4.58. The molecule has 3 N–H and O–H groups in total. The number of aromatic nitrogens is 1. The Bertz CT molecular complexity index is 2030. The average Bonchev–Trinajstić information content (AvgIpc) is 3.45. The molecule has 0 saturated carbocycles. The van der Waals surface area contributed by atoms with Crippen LogP contribution < -0.4 is 14.8 Å². The molecular formula is C37H37N3O5S. The molecule has 1 unspecified atom stereocenters. The molecule has 1 aromatic heterocycles. The predicted molar refractivity (Wildman–Crippen MR) is 181 cm³/mol. The lowest BCUT2D eigenvalue weighted by Gasteiger charge is -2.20. The standard InChI is InChI=1S/C37H37N3O5S/c1-40(25-27-10-3-2-4-11-27)46(42,43)37-17-8-7-16-36(37)45-26-28-12-9-13-29(22-28)35(41)24-38-20-21-44-30-18-19-32-31-14-5-6-15-33(31)39-34(32)23-30/h2-19,22-23,35,38-39,41H,20-21,24-26H2,1H3. The maximum atomic E-state index is 13.4. The number of para-hydroxylation sites is 2. The van der Waals surface area contributed by atoms with Gasteiger partial charge in [0.1, 0.15) is 29.6 Å². The average molecular weight is 636 g/mol. The minimum Gasteiger partial charge on any atom is -0.492 e. The fourth-order valence-electron chi connectivity index (χ4n) is 5.45. The predicted octanol–water partition coefficient (Wildman–Crippen LogP) is 6.42. The van der Waals surface area contributed by atoms with Gasteiger partial charge in [-0.2, -0.15) is 4.31 Å². The molecule has 0 saturated heterocycles. The highest BCUT2D eigenvalue weighted by Gasteiger charge is 2.25. The Morgan fingerprint density at radius 2 is 1.52 bits per heavy atom. The zero-order valence-corrected chi connectivity index (χ0v) is 26.4. The van der Waals surface area contributed by atoms with E-state index in [1.54, 1.807) is 31.3 Å². The van der Waals surface area contributed by atoms with Crippen molar-refractivity contribution in [2.75, 3.05) is 26.7 Å². The fraction of sp³-hybridized carbons (Fsp3) is 0.189. The topological polar surface area (TPSA) is 104 Å². The van der Waals surface area contributed by atoms with Crippen LogP contribution in [0.15, 0.2) is 126 Å². The second kappa shape index (κ2) is 14.2. The van der Waals surface area contributed by atoms with Gasteiger partial charge < -0.3 is 24.9 Å².